The molecule has 24 heavy (non-hydrogen) atoms. The van der Waals surface area contributed by atoms with E-state index in [1.807, 2.05) is 19.0 Å². The number of hydrogen-bond acceptors (Lipinski definition) is 4. The zero-order valence-corrected chi connectivity index (χ0v) is 14.0. The Morgan fingerprint density at radius 1 is 1.46 bits per heavy atom. The molecule has 0 bridgehead atoms. The van der Waals surface area contributed by atoms with E-state index in [-0.39, 0.29) is 24.2 Å². The van der Waals surface area contributed by atoms with Crippen LogP contribution in [-0.4, -0.2) is 36.1 Å². The zero-order chi connectivity index (χ0) is 17.1. The molecule has 0 radical (unpaired) electrons. The van der Waals surface area contributed by atoms with Crippen molar-refractivity contribution >= 4 is 5.91 Å². The summed E-state index contributed by atoms with van der Waals surface area (Å²) in [6.07, 6.45) is 2.53. The van der Waals surface area contributed by atoms with E-state index in [4.69, 9.17) is 4.52 Å². The van der Waals surface area contributed by atoms with Gasteiger partial charge in [-0.05, 0) is 44.6 Å². The van der Waals surface area contributed by atoms with Crippen molar-refractivity contribution in [3.63, 3.8) is 0 Å². The van der Waals surface area contributed by atoms with E-state index in [0.29, 0.717) is 5.56 Å². The second-order valence-corrected chi connectivity index (χ2v) is 6.58. The van der Waals surface area contributed by atoms with Crippen molar-refractivity contribution in [1.29, 1.82) is 0 Å². The quantitative estimate of drug-likeness (QED) is 0.911. The second-order valence-electron chi connectivity index (χ2n) is 6.58. The first-order valence-corrected chi connectivity index (χ1v) is 8.16. The van der Waals surface area contributed by atoms with Crippen molar-refractivity contribution in [3.05, 3.63) is 52.7 Å². The van der Waals surface area contributed by atoms with Gasteiger partial charge in [-0.1, -0.05) is 17.3 Å². The molecule has 1 N–H and O–H groups in total. The van der Waals surface area contributed by atoms with E-state index in [1.165, 1.54) is 12.1 Å². The van der Waals surface area contributed by atoms with Gasteiger partial charge in [-0.3, -0.25) is 4.79 Å². The standard InChI is InChI=1S/C18H22FN3O2/c1-22(2)11-16-15-10-14(6-7-17(15)24-21-16)20-18(23)9-12-4-3-5-13(19)8-12/h3-5,8,14H,6-7,9-11H2,1-2H3,(H,20,23). The summed E-state index contributed by atoms with van der Waals surface area (Å²) in [6, 6.07) is 6.22. The van der Waals surface area contributed by atoms with Crippen LogP contribution in [0.3, 0.4) is 0 Å². The van der Waals surface area contributed by atoms with Crippen LogP contribution in [-0.2, 0) is 30.6 Å². The average Bonchev–Trinajstić information content (AvgIpc) is 2.89. The molecule has 2 aromatic rings. The van der Waals surface area contributed by atoms with Crippen molar-refractivity contribution in [2.24, 2.45) is 0 Å². The fourth-order valence-electron chi connectivity index (χ4n) is 3.12. The molecule has 0 spiro atoms. The Kier molecular flexibility index (Phi) is 4.94. The normalized spacial score (nSPS) is 16.9. The summed E-state index contributed by atoms with van der Waals surface area (Å²) in [6.45, 7) is 0.725. The van der Waals surface area contributed by atoms with Crippen LogP contribution < -0.4 is 5.32 Å². The van der Waals surface area contributed by atoms with Crippen LogP contribution in [0.4, 0.5) is 4.39 Å². The largest absolute Gasteiger partial charge is 0.361 e. The van der Waals surface area contributed by atoms with E-state index >= 15 is 0 Å². The van der Waals surface area contributed by atoms with Crippen LogP contribution >= 0.6 is 0 Å². The fraction of sp³-hybridized carbons (Fsp3) is 0.444. The second kappa shape index (κ2) is 7.13. The Balaban J connectivity index is 1.61. The summed E-state index contributed by atoms with van der Waals surface area (Å²) < 4.78 is 18.6. The highest BCUT2D eigenvalue weighted by Gasteiger charge is 2.26. The number of fused-ring (bicyclic) bond motifs is 1. The van der Waals surface area contributed by atoms with Gasteiger partial charge in [0.1, 0.15) is 17.3 Å². The molecule has 5 nitrogen and oxygen atoms in total. The van der Waals surface area contributed by atoms with Gasteiger partial charge in [0.05, 0.1) is 6.42 Å². The van der Waals surface area contributed by atoms with Crippen LogP contribution in [0.5, 0.6) is 0 Å². The minimum Gasteiger partial charge on any atom is -0.361 e. The van der Waals surface area contributed by atoms with E-state index in [9.17, 15) is 9.18 Å². The summed E-state index contributed by atoms with van der Waals surface area (Å²) in [4.78, 5) is 14.3. The lowest BCUT2D eigenvalue weighted by Gasteiger charge is -2.23. The van der Waals surface area contributed by atoms with Crippen LogP contribution in [0.1, 0.15) is 29.0 Å². The molecule has 1 aliphatic rings. The molecular formula is C18H22FN3O2. The number of benzene rings is 1. The van der Waals surface area contributed by atoms with Gasteiger partial charge < -0.3 is 14.7 Å². The number of carbonyl (C=O) groups is 1. The number of nitrogens with zero attached hydrogens (tertiary/aromatic N) is 2. The Morgan fingerprint density at radius 3 is 3.04 bits per heavy atom. The Labute approximate surface area is 140 Å². The number of amides is 1. The lowest BCUT2D eigenvalue weighted by Crippen LogP contribution is -2.39. The molecule has 1 heterocycles. The molecule has 1 aliphatic carbocycles. The van der Waals surface area contributed by atoms with Crippen molar-refractivity contribution in [3.8, 4) is 0 Å². The van der Waals surface area contributed by atoms with Gasteiger partial charge in [0.15, 0.2) is 0 Å². The molecule has 6 heteroatoms. The zero-order valence-electron chi connectivity index (χ0n) is 14.0. The topological polar surface area (TPSA) is 58.4 Å². The summed E-state index contributed by atoms with van der Waals surface area (Å²) in [5, 5.41) is 7.21. The molecule has 128 valence electrons. The van der Waals surface area contributed by atoms with Crippen LogP contribution in [0.2, 0.25) is 0 Å². The third-order valence-electron chi connectivity index (χ3n) is 4.21. The SMILES string of the molecule is CN(C)Cc1noc2c1CC(NC(=O)Cc1cccc(F)c1)CC2. The number of aromatic nitrogens is 1. The predicted molar refractivity (Wildman–Crippen MR) is 88.0 cm³/mol. The lowest BCUT2D eigenvalue weighted by molar-refractivity contribution is -0.121. The van der Waals surface area contributed by atoms with Crippen LogP contribution in [0.15, 0.2) is 28.8 Å². The van der Waals surface area contributed by atoms with E-state index in [1.54, 1.807) is 12.1 Å². The highest BCUT2D eigenvalue weighted by Crippen LogP contribution is 2.25. The number of hydrogen-bond donors (Lipinski definition) is 1. The maximum Gasteiger partial charge on any atom is 0.224 e. The molecule has 1 unspecified atom stereocenters. The van der Waals surface area contributed by atoms with E-state index in [2.05, 4.69) is 10.5 Å². The number of nitrogens with one attached hydrogen (secondary N) is 1. The number of rotatable bonds is 5. The predicted octanol–water partition coefficient (Wildman–Crippen LogP) is 2.09. The third-order valence-corrected chi connectivity index (χ3v) is 4.21. The van der Waals surface area contributed by atoms with Gasteiger partial charge in [-0.15, -0.1) is 0 Å². The smallest absolute Gasteiger partial charge is 0.224 e. The molecule has 3 rings (SSSR count). The van der Waals surface area contributed by atoms with Crippen LogP contribution in [0.25, 0.3) is 0 Å². The molecule has 0 saturated heterocycles. The van der Waals surface area contributed by atoms with Gasteiger partial charge in [0.25, 0.3) is 0 Å². The molecule has 1 amide bonds. The first-order chi connectivity index (χ1) is 11.5. The monoisotopic (exact) mass is 331 g/mol. The molecule has 0 fully saturated rings. The van der Waals surface area contributed by atoms with Gasteiger partial charge >= 0.3 is 0 Å². The molecular weight excluding hydrogens is 309 g/mol. The Hall–Kier alpha value is -2.21. The van der Waals surface area contributed by atoms with Gasteiger partial charge in [0, 0.05) is 24.6 Å². The minimum atomic E-state index is -0.319. The summed E-state index contributed by atoms with van der Waals surface area (Å²) >= 11 is 0. The van der Waals surface area contributed by atoms with Crippen LogP contribution in [0, 0.1) is 5.82 Å². The molecule has 1 aromatic heterocycles. The average molecular weight is 331 g/mol. The first kappa shape index (κ1) is 16.6. The van der Waals surface area contributed by atoms with Crippen molar-refractivity contribution in [2.75, 3.05) is 14.1 Å². The summed E-state index contributed by atoms with van der Waals surface area (Å²) in [5.41, 5.74) is 2.74. The minimum absolute atomic E-state index is 0.0684. The van der Waals surface area contributed by atoms with Crippen molar-refractivity contribution < 1.29 is 13.7 Å². The van der Waals surface area contributed by atoms with Crippen molar-refractivity contribution in [2.45, 2.75) is 38.3 Å². The first-order valence-electron chi connectivity index (χ1n) is 8.16. The number of aryl methyl sites for hydroxylation is 1. The molecule has 1 atom stereocenters. The van der Waals surface area contributed by atoms with Gasteiger partial charge in [0.2, 0.25) is 5.91 Å². The number of halogens is 1. The van der Waals surface area contributed by atoms with Gasteiger partial charge in [-0.25, -0.2) is 4.39 Å². The summed E-state index contributed by atoms with van der Waals surface area (Å²) in [7, 11) is 3.98. The third kappa shape index (κ3) is 4.00. The molecule has 0 saturated carbocycles. The fourth-order valence-corrected chi connectivity index (χ4v) is 3.12. The van der Waals surface area contributed by atoms with E-state index < -0.39 is 0 Å². The maximum atomic E-state index is 13.2. The highest BCUT2D eigenvalue weighted by molar-refractivity contribution is 5.78. The van der Waals surface area contributed by atoms with Gasteiger partial charge in [-0.2, -0.15) is 0 Å². The lowest BCUT2D eigenvalue weighted by atomic mass is 9.91. The summed E-state index contributed by atoms with van der Waals surface area (Å²) in [5.74, 6) is 0.530. The molecule has 0 aliphatic heterocycles. The maximum absolute atomic E-state index is 13.2. The number of carbonyl (C=O) groups excluding carboxylic acids is 1. The van der Waals surface area contributed by atoms with E-state index in [0.717, 1.165) is 42.8 Å². The molecule has 1 aromatic carbocycles. The Morgan fingerprint density at radius 2 is 2.29 bits per heavy atom. The highest BCUT2D eigenvalue weighted by atomic mass is 19.1. The Bertz CT molecular complexity index is 727. The van der Waals surface area contributed by atoms with Crippen molar-refractivity contribution in [1.82, 2.24) is 15.4 Å².